The lowest BCUT2D eigenvalue weighted by atomic mass is 9.61. The predicted octanol–water partition coefficient (Wildman–Crippen LogP) is 6.11. The van der Waals surface area contributed by atoms with Crippen molar-refractivity contribution in [1.82, 2.24) is 10.2 Å². The summed E-state index contributed by atoms with van der Waals surface area (Å²) in [5.41, 5.74) is 2.76. The fourth-order valence-electron chi connectivity index (χ4n) is 4.81. The molecule has 31 heavy (non-hydrogen) atoms. The van der Waals surface area contributed by atoms with Crippen LogP contribution in [0.2, 0.25) is 5.02 Å². The van der Waals surface area contributed by atoms with Gasteiger partial charge in [-0.1, -0.05) is 58.4 Å². The monoisotopic (exact) mass is 446 g/mol. The largest absolute Gasteiger partial charge is 0.481 e. The molecule has 2 aliphatic rings. The summed E-state index contributed by atoms with van der Waals surface area (Å²) in [6.07, 6.45) is 6.58. The molecule has 0 aromatic heterocycles. The highest BCUT2D eigenvalue weighted by Crippen LogP contribution is 2.52. The number of halogens is 1. The molecule has 170 valence electrons. The number of fused-ring (bicyclic) bond motifs is 1. The molecule has 2 N–H and O–H groups in total. The number of hydrogen-bond acceptors (Lipinski definition) is 2. The van der Waals surface area contributed by atoms with Gasteiger partial charge in [-0.15, -0.1) is 0 Å². The average molecular weight is 447 g/mol. The highest BCUT2D eigenvalue weighted by Gasteiger charge is 2.50. The molecule has 6 heteroatoms. The van der Waals surface area contributed by atoms with E-state index in [4.69, 9.17) is 16.7 Å². The van der Waals surface area contributed by atoms with Crippen LogP contribution in [-0.2, 0) is 16.8 Å². The van der Waals surface area contributed by atoms with Gasteiger partial charge in [0.2, 0.25) is 0 Å². The molecule has 1 fully saturated rings. The van der Waals surface area contributed by atoms with Crippen molar-refractivity contribution in [3.05, 3.63) is 46.1 Å². The first kappa shape index (κ1) is 23.6. The maximum absolute atomic E-state index is 13.0. The van der Waals surface area contributed by atoms with E-state index >= 15 is 0 Å². The van der Waals surface area contributed by atoms with Gasteiger partial charge in [0.15, 0.2) is 0 Å². The van der Waals surface area contributed by atoms with Gasteiger partial charge in [0.05, 0.1) is 12.0 Å². The molecule has 0 unspecified atom stereocenters. The van der Waals surface area contributed by atoms with Gasteiger partial charge in [-0.05, 0) is 65.7 Å². The van der Waals surface area contributed by atoms with Crippen LogP contribution in [0.1, 0.15) is 77.8 Å². The topological polar surface area (TPSA) is 69.6 Å². The van der Waals surface area contributed by atoms with Crippen LogP contribution in [-0.4, -0.2) is 28.6 Å². The summed E-state index contributed by atoms with van der Waals surface area (Å²) in [4.78, 5) is 25.5. The van der Waals surface area contributed by atoms with Crippen LogP contribution in [0.5, 0.6) is 0 Å². The Bertz CT molecular complexity index is 901. The normalized spacial score (nSPS) is 23.1. The van der Waals surface area contributed by atoms with E-state index in [9.17, 15) is 9.59 Å². The summed E-state index contributed by atoms with van der Waals surface area (Å²) in [6, 6.07) is 5.96. The van der Waals surface area contributed by atoms with Gasteiger partial charge < -0.3 is 15.3 Å². The highest BCUT2D eigenvalue weighted by molar-refractivity contribution is 6.31. The van der Waals surface area contributed by atoms with Crippen molar-refractivity contribution >= 4 is 23.6 Å². The Hall–Kier alpha value is -2.01. The van der Waals surface area contributed by atoms with Crippen molar-refractivity contribution in [3.63, 3.8) is 0 Å². The molecule has 1 saturated carbocycles. The zero-order chi connectivity index (χ0) is 23.0. The minimum absolute atomic E-state index is 0.0844. The number of carbonyl (C=O) groups excluding carboxylic acids is 1. The number of amides is 2. The number of benzene rings is 1. The summed E-state index contributed by atoms with van der Waals surface area (Å²) in [6.45, 7) is 11.2. The molecular formula is C25H35ClN2O3. The number of nitrogens with one attached hydrogen (secondary N) is 1. The molecule has 2 amide bonds. The highest BCUT2D eigenvalue weighted by atomic mass is 35.5. The standard InChI is InChI=1S/C25H35ClN2O3/c1-23(2,3)13-9-17-7-8-18(15-19(17)26)25-12-6-11-24(4,5)20(25)16-28(22(31)27-25)14-10-21(29)30/h7-8,15-16H,6,9-14H2,1-5H3,(H,27,31)(H,29,30)/t25-/m1/s1. The molecule has 1 aromatic carbocycles. The third-order valence-corrected chi connectivity index (χ3v) is 7.02. The van der Waals surface area contributed by atoms with E-state index in [-0.39, 0.29) is 29.8 Å². The van der Waals surface area contributed by atoms with Gasteiger partial charge in [-0.2, -0.15) is 0 Å². The lowest BCUT2D eigenvalue weighted by Crippen LogP contribution is -2.59. The zero-order valence-corrected chi connectivity index (χ0v) is 20.1. The van der Waals surface area contributed by atoms with Crippen molar-refractivity contribution in [2.75, 3.05) is 6.54 Å². The predicted molar refractivity (Wildman–Crippen MR) is 124 cm³/mol. The molecule has 1 heterocycles. The second kappa shape index (κ2) is 8.50. The van der Waals surface area contributed by atoms with Crippen molar-refractivity contribution in [1.29, 1.82) is 0 Å². The number of carbonyl (C=O) groups is 2. The molecule has 3 rings (SSSR count). The molecule has 1 aliphatic heterocycles. The molecule has 1 atom stereocenters. The first-order valence-electron chi connectivity index (χ1n) is 11.2. The molecule has 5 nitrogen and oxygen atoms in total. The lowest BCUT2D eigenvalue weighted by molar-refractivity contribution is -0.137. The summed E-state index contributed by atoms with van der Waals surface area (Å²) < 4.78 is 0. The van der Waals surface area contributed by atoms with Gasteiger partial charge in [0.25, 0.3) is 0 Å². The van der Waals surface area contributed by atoms with Gasteiger partial charge in [0, 0.05) is 17.8 Å². The molecule has 0 radical (unpaired) electrons. The maximum atomic E-state index is 13.0. The second-order valence-electron chi connectivity index (χ2n) is 10.8. The number of nitrogens with zero attached hydrogens (tertiary/aromatic N) is 1. The molecule has 0 spiro atoms. The van der Waals surface area contributed by atoms with E-state index in [2.05, 4.69) is 52.1 Å². The molecule has 0 bridgehead atoms. The third kappa shape index (κ3) is 5.08. The van der Waals surface area contributed by atoms with Crippen LogP contribution >= 0.6 is 11.6 Å². The summed E-state index contributed by atoms with van der Waals surface area (Å²) >= 11 is 6.72. The van der Waals surface area contributed by atoms with Crippen molar-refractivity contribution in [3.8, 4) is 0 Å². The number of carboxylic acids is 1. The third-order valence-electron chi connectivity index (χ3n) is 6.67. The molecule has 1 aromatic rings. The number of aliphatic carboxylic acids is 1. The second-order valence-corrected chi connectivity index (χ2v) is 11.2. The number of carboxylic acid groups (broad SMARTS) is 1. The number of rotatable bonds is 6. The maximum Gasteiger partial charge on any atom is 0.322 e. The Morgan fingerprint density at radius 1 is 1.26 bits per heavy atom. The van der Waals surface area contributed by atoms with Gasteiger partial charge in [-0.25, -0.2) is 4.79 Å². The Balaban J connectivity index is 1.99. The van der Waals surface area contributed by atoms with E-state index in [1.807, 2.05) is 12.3 Å². The quantitative estimate of drug-likeness (QED) is 0.554. The summed E-state index contributed by atoms with van der Waals surface area (Å²) in [5.74, 6) is -0.913. The van der Waals surface area contributed by atoms with E-state index in [0.29, 0.717) is 0 Å². The van der Waals surface area contributed by atoms with Crippen LogP contribution in [0.25, 0.3) is 0 Å². The first-order valence-corrected chi connectivity index (χ1v) is 11.5. The summed E-state index contributed by atoms with van der Waals surface area (Å²) in [7, 11) is 0. The van der Waals surface area contributed by atoms with Crippen LogP contribution in [0.15, 0.2) is 30.0 Å². The van der Waals surface area contributed by atoms with E-state index < -0.39 is 11.5 Å². The Labute approximate surface area is 190 Å². The molecule has 1 aliphatic carbocycles. The Morgan fingerprint density at radius 3 is 2.58 bits per heavy atom. The Kier molecular flexibility index (Phi) is 6.48. The van der Waals surface area contributed by atoms with Crippen molar-refractivity contribution < 1.29 is 14.7 Å². The fraction of sp³-hybridized carbons (Fsp3) is 0.600. The van der Waals surface area contributed by atoms with Crippen molar-refractivity contribution in [2.45, 2.75) is 78.7 Å². The number of urea groups is 1. The summed E-state index contributed by atoms with van der Waals surface area (Å²) in [5, 5.41) is 13.0. The fourth-order valence-corrected chi connectivity index (χ4v) is 5.08. The van der Waals surface area contributed by atoms with Crippen LogP contribution in [0.4, 0.5) is 4.79 Å². The minimum Gasteiger partial charge on any atom is -0.481 e. The first-order chi connectivity index (χ1) is 14.3. The Morgan fingerprint density at radius 2 is 1.97 bits per heavy atom. The van der Waals surface area contributed by atoms with E-state index in [1.165, 1.54) is 4.90 Å². The van der Waals surface area contributed by atoms with Crippen LogP contribution < -0.4 is 5.32 Å². The van der Waals surface area contributed by atoms with Crippen molar-refractivity contribution in [2.24, 2.45) is 10.8 Å². The van der Waals surface area contributed by atoms with Gasteiger partial charge >= 0.3 is 12.0 Å². The van der Waals surface area contributed by atoms with E-state index in [0.717, 1.165) is 53.8 Å². The number of aryl methyl sites for hydroxylation is 1. The van der Waals surface area contributed by atoms with Crippen LogP contribution in [0, 0.1) is 10.8 Å². The van der Waals surface area contributed by atoms with Gasteiger partial charge in [-0.3, -0.25) is 4.79 Å². The SMILES string of the molecule is CC(C)(C)CCc1ccc([C@]23CCCC(C)(C)C2=CN(CCC(=O)O)C(=O)N3)cc1Cl. The van der Waals surface area contributed by atoms with Gasteiger partial charge in [0.1, 0.15) is 0 Å². The lowest BCUT2D eigenvalue weighted by Gasteiger charge is -2.52. The minimum atomic E-state index is -0.913. The molecular weight excluding hydrogens is 412 g/mol. The van der Waals surface area contributed by atoms with E-state index in [1.54, 1.807) is 0 Å². The average Bonchev–Trinajstić information content (AvgIpc) is 2.64. The zero-order valence-electron chi connectivity index (χ0n) is 19.3. The molecule has 0 saturated heterocycles. The number of hydrogen-bond donors (Lipinski definition) is 2. The smallest absolute Gasteiger partial charge is 0.322 e. The van der Waals surface area contributed by atoms with Crippen LogP contribution in [0.3, 0.4) is 0 Å².